The zero-order chi connectivity index (χ0) is 14.7. The highest BCUT2D eigenvalue weighted by atomic mass is 32.2. The van der Waals surface area contributed by atoms with Crippen molar-refractivity contribution in [3.8, 4) is 0 Å². The largest absolute Gasteiger partial charge is 0.462 e. The first-order valence-corrected chi connectivity index (χ1v) is 8.55. The van der Waals surface area contributed by atoms with E-state index >= 15 is 0 Å². The van der Waals surface area contributed by atoms with Gasteiger partial charge in [-0.3, -0.25) is 4.79 Å². The molecule has 0 amide bonds. The Morgan fingerprint density at radius 3 is 2.85 bits per heavy atom. The molecule has 0 saturated carbocycles. The lowest BCUT2D eigenvalue weighted by Crippen LogP contribution is -2.26. The van der Waals surface area contributed by atoms with E-state index in [1.165, 1.54) is 6.20 Å². The first-order chi connectivity index (χ1) is 9.52. The number of rotatable bonds is 3. The molecule has 1 N–H and O–H groups in total. The van der Waals surface area contributed by atoms with Gasteiger partial charge in [0.1, 0.15) is 11.4 Å². The third kappa shape index (κ3) is 3.38. The molecule has 1 saturated heterocycles. The molecule has 7 heteroatoms. The Hall–Kier alpha value is -0.950. The van der Waals surface area contributed by atoms with E-state index in [9.17, 15) is 9.59 Å². The number of thioether (sulfide) groups is 2. The first kappa shape index (κ1) is 15.4. The number of hydrogen-bond donors (Lipinski definition) is 1. The minimum atomic E-state index is -0.625. The van der Waals surface area contributed by atoms with Crippen LogP contribution in [0.4, 0.5) is 0 Å². The topological polar surface area (TPSA) is 72.0 Å². The fourth-order valence-corrected chi connectivity index (χ4v) is 4.73. The molecule has 0 aliphatic carbocycles. The number of H-pyrrole nitrogens is 1. The van der Waals surface area contributed by atoms with E-state index in [0.717, 1.165) is 5.75 Å². The molecule has 1 aliphatic heterocycles. The summed E-state index contributed by atoms with van der Waals surface area (Å²) < 4.78 is 4.82. The highest BCUT2D eigenvalue weighted by Crippen LogP contribution is 2.42. The van der Waals surface area contributed by atoms with Crippen molar-refractivity contribution in [1.82, 2.24) is 9.97 Å². The molecule has 2 heterocycles. The van der Waals surface area contributed by atoms with Crippen LogP contribution in [0.15, 0.2) is 11.0 Å². The minimum Gasteiger partial charge on any atom is -0.462 e. The van der Waals surface area contributed by atoms with E-state index in [4.69, 9.17) is 4.74 Å². The second kappa shape index (κ2) is 6.67. The Bertz CT molecular complexity index is 547. The average molecular weight is 314 g/mol. The van der Waals surface area contributed by atoms with Crippen LogP contribution in [-0.4, -0.2) is 38.8 Å². The molecule has 1 aromatic rings. The van der Waals surface area contributed by atoms with Crippen molar-refractivity contribution in [3.63, 3.8) is 0 Å². The number of nitrogens with one attached hydrogen (secondary N) is 1. The van der Waals surface area contributed by atoms with Gasteiger partial charge < -0.3 is 9.72 Å². The fraction of sp³-hybridized carbons (Fsp3) is 0.615. The number of aromatic amines is 1. The van der Waals surface area contributed by atoms with Crippen molar-refractivity contribution in [1.29, 1.82) is 0 Å². The van der Waals surface area contributed by atoms with Crippen LogP contribution in [0.2, 0.25) is 0 Å². The van der Waals surface area contributed by atoms with E-state index in [1.54, 1.807) is 6.92 Å². The van der Waals surface area contributed by atoms with Gasteiger partial charge in [-0.2, -0.15) is 11.8 Å². The van der Waals surface area contributed by atoms with Crippen LogP contribution in [0.3, 0.4) is 0 Å². The summed E-state index contributed by atoms with van der Waals surface area (Å²) in [5, 5.41) is 1.27. The predicted octanol–water partition coefficient (Wildman–Crippen LogP) is 2.24. The fourth-order valence-electron chi connectivity index (χ4n) is 1.85. The Balaban J connectivity index is 2.17. The second-order valence-corrected chi connectivity index (χ2v) is 7.60. The summed E-state index contributed by atoms with van der Waals surface area (Å²) in [6.07, 6.45) is 1.32. The number of nitrogens with zero attached hydrogens (tertiary/aromatic N) is 1. The van der Waals surface area contributed by atoms with Crippen molar-refractivity contribution in [2.75, 3.05) is 12.4 Å². The van der Waals surface area contributed by atoms with Gasteiger partial charge in [0.05, 0.1) is 11.9 Å². The molecule has 1 fully saturated rings. The van der Waals surface area contributed by atoms with Crippen LogP contribution in [0.25, 0.3) is 0 Å². The monoisotopic (exact) mass is 314 g/mol. The van der Waals surface area contributed by atoms with Gasteiger partial charge in [-0.15, -0.1) is 11.8 Å². The van der Waals surface area contributed by atoms with Crippen molar-refractivity contribution < 1.29 is 9.53 Å². The van der Waals surface area contributed by atoms with Gasteiger partial charge in [0, 0.05) is 22.4 Å². The lowest BCUT2D eigenvalue weighted by molar-refractivity contribution is 0.0523. The molecule has 1 aliphatic rings. The van der Waals surface area contributed by atoms with Crippen molar-refractivity contribution in [2.45, 2.75) is 36.5 Å². The molecule has 110 valence electrons. The molecular weight excluding hydrogens is 296 g/mol. The Morgan fingerprint density at radius 1 is 1.50 bits per heavy atom. The minimum absolute atomic E-state index is 0.0366. The van der Waals surface area contributed by atoms with E-state index in [2.05, 4.69) is 23.8 Å². The number of aromatic nitrogens is 2. The van der Waals surface area contributed by atoms with Crippen LogP contribution in [0, 0.1) is 0 Å². The van der Waals surface area contributed by atoms with Crippen LogP contribution >= 0.6 is 23.5 Å². The number of carbonyl (C=O) groups is 1. The van der Waals surface area contributed by atoms with E-state index in [-0.39, 0.29) is 17.4 Å². The molecule has 0 radical (unpaired) electrons. The lowest BCUT2D eigenvalue weighted by atomic mass is 10.3. The SMILES string of the molecule is CCOC(=O)c1cnc(C2CSC(C)C(C)S2)[nH]c1=O. The molecule has 3 atom stereocenters. The van der Waals surface area contributed by atoms with Gasteiger partial charge in [-0.25, -0.2) is 9.78 Å². The van der Waals surface area contributed by atoms with Crippen molar-refractivity contribution in [2.24, 2.45) is 0 Å². The van der Waals surface area contributed by atoms with Gasteiger partial charge in [0.15, 0.2) is 0 Å². The summed E-state index contributed by atoms with van der Waals surface area (Å²) in [5.74, 6) is 0.928. The third-order valence-electron chi connectivity index (χ3n) is 3.17. The van der Waals surface area contributed by atoms with Crippen LogP contribution in [0.5, 0.6) is 0 Å². The van der Waals surface area contributed by atoms with Gasteiger partial charge in [-0.05, 0) is 6.92 Å². The lowest BCUT2D eigenvalue weighted by Gasteiger charge is -2.30. The summed E-state index contributed by atoms with van der Waals surface area (Å²) >= 11 is 3.69. The number of carbonyl (C=O) groups excluding carboxylic acids is 1. The molecule has 20 heavy (non-hydrogen) atoms. The highest BCUT2D eigenvalue weighted by Gasteiger charge is 2.28. The Morgan fingerprint density at radius 2 is 2.25 bits per heavy atom. The number of hydrogen-bond acceptors (Lipinski definition) is 6. The maximum atomic E-state index is 11.9. The smallest absolute Gasteiger partial charge is 0.345 e. The van der Waals surface area contributed by atoms with Crippen LogP contribution in [0.1, 0.15) is 42.2 Å². The van der Waals surface area contributed by atoms with Crippen LogP contribution in [-0.2, 0) is 4.74 Å². The Kier molecular flexibility index (Phi) is 5.15. The third-order valence-corrected chi connectivity index (χ3v) is 6.57. The summed E-state index contributed by atoms with van der Waals surface area (Å²) in [4.78, 5) is 30.4. The maximum absolute atomic E-state index is 11.9. The Labute approximate surface area is 126 Å². The molecule has 3 unspecified atom stereocenters. The second-order valence-electron chi connectivity index (χ2n) is 4.60. The first-order valence-electron chi connectivity index (χ1n) is 6.56. The molecular formula is C13H18N2O3S2. The van der Waals surface area contributed by atoms with Crippen molar-refractivity contribution in [3.05, 3.63) is 27.9 Å². The standard InChI is InChI=1S/C13H18N2O3S2/c1-4-18-13(17)9-5-14-11(15-12(9)16)10-6-19-7(2)8(3)20-10/h5,7-8,10H,4,6H2,1-3H3,(H,14,15,16). The van der Waals surface area contributed by atoms with E-state index in [0.29, 0.717) is 16.3 Å². The van der Waals surface area contributed by atoms with Gasteiger partial charge in [0.2, 0.25) is 0 Å². The molecule has 0 aromatic carbocycles. The van der Waals surface area contributed by atoms with Gasteiger partial charge in [-0.1, -0.05) is 13.8 Å². The highest BCUT2D eigenvalue weighted by molar-refractivity contribution is 8.07. The zero-order valence-electron chi connectivity index (χ0n) is 11.7. The number of esters is 1. The molecule has 0 spiro atoms. The van der Waals surface area contributed by atoms with Gasteiger partial charge >= 0.3 is 5.97 Å². The summed E-state index contributed by atoms with van der Waals surface area (Å²) in [5.41, 5.74) is -0.462. The van der Waals surface area contributed by atoms with E-state index < -0.39 is 11.5 Å². The molecule has 0 bridgehead atoms. The maximum Gasteiger partial charge on any atom is 0.345 e. The van der Waals surface area contributed by atoms with E-state index in [1.807, 2.05) is 23.5 Å². The predicted molar refractivity (Wildman–Crippen MR) is 82.5 cm³/mol. The quantitative estimate of drug-likeness (QED) is 0.863. The normalized spacial score (nSPS) is 26.2. The molecule has 1 aromatic heterocycles. The summed E-state index contributed by atoms with van der Waals surface area (Å²) in [6, 6.07) is 0. The van der Waals surface area contributed by atoms with Crippen LogP contribution < -0.4 is 5.56 Å². The molecule has 5 nitrogen and oxygen atoms in total. The van der Waals surface area contributed by atoms with Gasteiger partial charge in [0.25, 0.3) is 5.56 Å². The number of ether oxygens (including phenoxy) is 1. The molecule has 2 rings (SSSR count). The van der Waals surface area contributed by atoms with Crippen molar-refractivity contribution >= 4 is 29.5 Å². The summed E-state index contributed by atoms with van der Waals surface area (Å²) in [7, 11) is 0. The average Bonchev–Trinajstić information content (AvgIpc) is 2.42. The summed E-state index contributed by atoms with van der Waals surface area (Å²) in [6.45, 7) is 6.33. The zero-order valence-corrected chi connectivity index (χ0v) is 13.3.